The van der Waals surface area contributed by atoms with Gasteiger partial charge >= 0.3 is 12.2 Å². The summed E-state index contributed by atoms with van der Waals surface area (Å²) in [4.78, 5) is 11.6. The molecule has 1 fully saturated rings. The van der Waals surface area contributed by atoms with Crippen molar-refractivity contribution in [2.75, 3.05) is 18.6 Å². The lowest BCUT2D eigenvalue weighted by Gasteiger charge is -2.13. The van der Waals surface area contributed by atoms with Crippen LogP contribution in [-0.2, 0) is 17.0 Å². The Morgan fingerprint density at radius 2 is 2.05 bits per heavy atom. The van der Waals surface area contributed by atoms with Crippen molar-refractivity contribution in [3.8, 4) is 0 Å². The molecule has 1 aliphatic rings. The van der Waals surface area contributed by atoms with Crippen LogP contribution in [0, 0.1) is 0 Å². The van der Waals surface area contributed by atoms with Crippen molar-refractivity contribution in [2.45, 2.75) is 24.6 Å². The summed E-state index contributed by atoms with van der Waals surface area (Å²) < 4.78 is 49.7. The molecular formula is C14H17F3N2O2S. The van der Waals surface area contributed by atoms with Gasteiger partial charge in [0.15, 0.2) is 0 Å². The number of amides is 2. The number of alkyl halides is 3. The van der Waals surface area contributed by atoms with Crippen LogP contribution < -0.4 is 10.6 Å². The topological polar surface area (TPSA) is 58.2 Å². The molecule has 2 N–H and O–H groups in total. The van der Waals surface area contributed by atoms with Crippen LogP contribution >= 0.6 is 0 Å². The predicted octanol–water partition coefficient (Wildman–Crippen LogP) is 2.24. The van der Waals surface area contributed by atoms with Crippen LogP contribution in [0.2, 0.25) is 0 Å². The van der Waals surface area contributed by atoms with Gasteiger partial charge in [0, 0.05) is 41.3 Å². The van der Waals surface area contributed by atoms with Gasteiger partial charge in [-0.05, 0) is 18.1 Å². The third-order valence-electron chi connectivity index (χ3n) is 3.45. The van der Waals surface area contributed by atoms with Gasteiger partial charge in [-0.15, -0.1) is 0 Å². The van der Waals surface area contributed by atoms with Gasteiger partial charge in [-0.1, -0.05) is 18.2 Å². The number of carbonyl (C=O) groups is 1. The number of hydrogen-bond acceptors (Lipinski definition) is 2. The SMILES string of the molecule is C[S@@](=O)CCNC(=O)N[C@H]1C[C@@H]1c1ccccc1C(F)(F)F. The van der Waals surface area contributed by atoms with E-state index in [2.05, 4.69) is 10.6 Å². The van der Waals surface area contributed by atoms with Crippen LogP contribution in [0.5, 0.6) is 0 Å². The molecular weight excluding hydrogens is 317 g/mol. The monoisotopic (exact) mass is 334 g/mol. The molecule has 0 spiro atoms. The van der Waals surface area contributed by atoms with E-state index in [1.54, 1.807) is 6.07 Å². The molecule has 4 nitrogen and oxygen atoms in total. The third kappa shape index (κ3) is 4.46. The van der Waals surface area contributed by atoms with Crippen molar-refractivity contribution in [1.29, 1.82) is 0 Å². The van der Waals surface area contributed by atoms with Crippen molar-refractivity contribution in [2.24, 2.45) is 0 Å². The van der Waals surface area contributed by atoms with Gasteiger partial charge in [0.25, 0.3) is 0 Å². The summed E-state index contributed by atoms with van der Waals surface area (Å²) in [5, 5.41) is 5.18. The van der Waals surface area contributed by atoms with Gasteiger partial charge < -0.3 is 10.6 Å². The summed E-state index contributed by atoms with van der Waals surface area (Å²) in [5.74, 6) is 0.0298. The van der Waals surface area contributed by atoms with E-state index in [9.17, 15) is 22.2 Å². The van der Waals surface area contributed by atoms with Gasteiger partial charge in [-0.2, -0.15) is 13.2 Å². The van der Waals surface area contributed by atoms with E-state index < -0.39 is 28.6 Å². The second kappa shape index (κ2) is 6.68. The summed E-state index contributed by atoms with van der Waals surface area (Å²) in [6.07, 6.45) is -2.37. The first-order chi connectivity index (χ1) is 10.3. The van der Waals surface area contributed by atoms with Crippen LogP contribution in [0.4, 0.5) is 18.0 Å². The highest BCUT2D eigenvalue weighted by atomic mass is 32.2. The zero-order chi connectivity index (χ0) is 16.3. The van der Waals surface area contributed by atoms with Crippen molar-refractivity contribution in [3.63, 3.8) is 0 Å². The Bertz CT molecular complexity index is 577. The normalized spacial score (nSPS) is 22.0. The molecule has 8 heteroatoms. The molecule has 122 valence electrons. The number of urea groups is 1. The zero-order valence-electron chi connectivity index (χ0n) is 11.9. The van der Waals surface area contributed by atoms with E-state index in [1.165, 1.54) is 18.4 Å². The van der Waals surface area contributed by atoms with Crippen molar-refractivity contribution < 1.29 is 22.2 Å². The molecule has 0 heterocycles. The first-order valence-electron chi connectivity index (χ1n) is 6.79. The molecule has 2 amide bonds. The van der Waals surface area contributed by atoms with Crippen LogP contribution in [-0.4, -0.2) is 34.8 Å². The highest BCUT2D eigenvalue weighted by molar-refractivity contribution is 7.84. The Hall–Kier alpha value is -1.57. The second-order valence-electron chi connectivity index (χ2n) is 5.21. The third-order valence-corrected chi connectivity index (χ3v) is 4.23. The van der Waals surface area contributed by atoms with Gasteiger partial charge in [0.2, 0.25) is 0 Å². The van der Waals surface area contributed by atoms with E-state index in [4.69, 9.17) is 0 Å². The van der Waals surface area contributed by atoms with Crippen molar-refractivity contribution in [3.05, 3.63) is 35.4 Å². The molecule has 22 heavy (non-hydrogen) atoms. The maximum atomic E-state index is 12.9. The quantitative estimate of drug-likeness (QED) is 0.868. The number of rotatable bonds is 5. The summed E-state index contributed by atoms with van der Waals surface area (Å²) >= 11 is 0. The molecule has 0 radical (unpaired) electrons. The Morgan fingerprint density at radius 3 is 2.68 bits per heavy atom. The molecule has 0 aromatic heterocycles. The first kappa shape index (κ1) is 16.8. The predicted molar refractivity (Wildman–Crippen MR) is 78.1 cm³/mol. The lowest BCUT2D eigenvalue weighted by atomic mass is 10.0. The van der Waals surface area contributed by atoms with Gasteiger partial charge in [-0.25, -0.2) is 4.79 Å². The van der Waals surface area contributed by atoms with Crippen molar-refractivity contribution in [1.82, 2.24) is 10.6 Å². The largest absolute Gasteiger partial charge is 0.416 e. The molecule has 1 saturated carbocycles. The average molecular weight is 334 g/mol. The van der Waals surface area contributed by atoms with Crippen LogP contribution in [0.3, 0.4) is 0 Å². The zero-order valence-corrected chi connectivity index (χ0v) is 12.8. The average Bonchev–Trinajstić information content (AvgIpc) is 3.16. The fourth-order valence-electron chi connectivity index (χ4n) is 2.30. The summed E-state index contributed by atoms with van der Waals surface area (Å²) in [6, 6.07) is 4.69. The van der Waals surface area contributed by atoms with Crippen LogP contribution in [0.15, 0.2) is 24.3 Å². The number of carbonyl (C=O) groups excluding carboxylic acids is 1. The minimum Gasteiger partial charge on any atom is -0.337 e. The number of benzene rings is 1. The Balaban J connectivity index is 1.91. The maximum Gasteiger partial charge on any atom is 0.416 e. The Kier molecular flexibility index (Phi) is 5.10. The van der Waals surface area contributed by atoms with Crippen LogP contribution in [0.1, 0.15) is 23.5 Å². The highest BCUT2D eigenvalue weighted by Crippen LogP contribution is 2.45. The first-order valence-corrected chi connectivity index (χ1v) is 8.52. The summed E-state index contributed by atoms with van der Waals surface area (Å²) in [7, 11) is -0.996. The molecule has 0 saturated heterocycles. The molecule has 0 aliphatic heterocycles. The Morgan fingerprint density at radius 1 is 1.36 bits per heavy atom. The minimum atomic E-state index is -4.39. The number of halogens is 3. The summed E-state index contributed by atoms with van der Waals surface area (Å²) in [5.41, 5.74) is -0.430. The molecule has 3 atom stereocenters. The standard InChI is InChI=1S/C14H17F3N2O2S/c1-22(21)7-6-18-13(20)19-12-8-10(12)9-4-2-3-5-11(9)14(15,16)17/h2-5,10,12H,6-8H2,1H3,(H2,18,19,20)/t10-,12+,22-/m1/s1. The minimum absolute atomic E-state index is 0.218. The fourth-order valence-corrected chi connectivity index (χ4v) is 2.69. The molecule has 2 rings (SSSR count). The fraction of sp³-hybridized carbons (Fsp3) is 0.500. The molecule has 1 aliphatic carbocycles. The van der Waals surface area contributed by atoms with Gasteiger partial charge in [0.05, 0.1) is 5.56 Å². The Labute approximate surface area is 128 Å². The van der Waals surface area contributed by atoms with Gasteiger partial charge in [0.1, 0.15) is 0 Å². The van der Waals surface area contributed by atoms with Crippen LogP contribution in [0.25, 0.3) is 0 Å². The van der Waals surface area contributed by atoms with E-state index >= 15 is 0 Å². The number of hydrogen-bond donors (Lipinski definition) is 2. The second-order valence-corrected chi connectivity index (χ2v) is 6.77. The van der Waals surface area contributed by atoms with E-state index in [1.807, 2.05) is 0 Å². The highest BCUT2D eigenvalue weighted by Gasteiger charge is 2.44. The molecule has 0 bridgehead atoms. The lowest BCUT2D eigenvalue weighted by Crippen LogP contribution is -2.39. The summed E-state index contributed by atoms with van der Waals surface area (Å²) in [6.45, 7) is 0.269. The van der Waals surface area contributed by atoms with Crippen molar-refractivity contribution >= 4 is 16.8 Å². The molecule has 1 aromatic rings. The maximum absolute atomic E-state index is 12.9. The molecule has 0 unspecified atom stereocenters. The van der Waals surface area contributed by atoms with E-state index in [0.717, 1.165) is 6.07 Å². The lowest BCUT2D eigenvalue weighted by molar-refractivity contribution is -0.138. The number of nitrogens with one attached hydrogen (secondary N) is 2. The van der Waals surface area contributed by atoms with E-state index in [0.29, 0.717) is 12.2 Å². The smallest absolute Gasteiger partial charge is 0.337 e. The van der Waals surface area contributed by atoms with E-state index in [-0.39, 0.29) is 24.1 Å². The van der Waals surface area contributed by atoms with Gasteiger partial charge in [-0.3, -0.25) is 4.21 Å². The molecule has 1 aromatic carbocycles.